The number of hydrogen-bond donors (Lipinski definition) is 1. The van der Waals surface area contributed by atoms with Gasteiger partial charge in [0.2, 0.25) is 0 Å². The summed E-state index contributed by atoms with van der Waals surface area (Å²) >= 11 is 0. The topological polar surface area (TPSA) is 64.6 Å². The number of alkyl carbamates (subject to hydrolysis) is 1. The smallest absolute Gasteiger partial charge is 0.408 e. The molecule has 0 bridgehead atoms. The Balaban J connectivity index is 2.30. The average molecular weight is 347 g/mol. The molecule has 0 saturated heterocycles. The van der Waals surface area contributed by atoms with Gasteiger partial charge < -0.3 is 14.8 Å². The molecule has 0 spiro atoms. The van der Waals surface area contributed by atoms with Gasteiger partial charge in [0, 0.05) is 11.8 Å². The van der Waals surface area contributed by atoms with Crippen LogP contribution in [0.15, 0.2) is 30.3 Å². The second kappa shape index (κ2) is 6.36. The van der Waals surface area contributed by atoms with E-state index in [1.807, 2.05) is 58.0 Å². The summed E-state index contributed by atoms with van der Waals surface area (Å²) in [6.07, 6.45) is -0.608. The van der Waals surface area contributed by atoms with E-state index < -0.39 is 28.8 Å². The van der Waals surface area contributed by atoms with E-state index >= 15 is 0 Å². The van der Waals surface area contributed by atoms with Gasteiger partial charge in [-0.1, -0.05) is 37.3 Å². The molecule has 138 valence electrons. The van der Waals surface area contributed by atoms with Crippen LogP contribution < -0.4 is 5.32 Å². The number of carbonyl (C=O) groups excluding carboxylic acids is 2. The summed E-state index contributed by atoms with van der Waals surface area (Å²) in [5, 5.41) is 2.81. The van der Waals surface area contributed by atoms with Crippen molar-refractivity contribution in [2.24, 2.45) is 5.92 Å². The molecule has 1 aliphatic carbocycles. The van der Waals surface area contributed by atoms with Crippen LogP contribution in [0.25, 0.3) is 0 Å². The lowest BCUT2D eigenvalue weighted by atomic mass is 10.1. The number of esters is 1. The van der Waals surface area contributed by atoms with Crippen molar-refractivity contribution in [1.82, 2.24) is 5.32 Å². The summed E-state index contributed by atoms with van der Waals surface area (Å²) in [6, 6.07) is 9.70. The zero-order valence-corrected chi connectivity index (χ0v) is 16.2. The molecule has 2 rings (SSSR count). The van der Waals surface area contributed by atoms with Crippen LogP contribution in [0.4, 0.5) is 4.79 Å². The van der Waals surface area contributed by atoms with Crippen LogP contribution in [0.2, 0.25) is 0 Å². The lowest BCUT2D eigenvalue weighted by molar-refractivity contribution is -0.159. The highest BCUT2D eigenvalue weighted by Gasteiger charge is 2.70. The summed E-state index contributed by atoms with van der Waals surface area (Å²) in [6.45, 7) is 12.8. The molecule has 1 aromatic rings. The highest BCUT2D eigenvalue weighted by Crippen LogP contribution is 2.58. The minimum absolute atomic E-state index is 0.0859. The predicted molar refractivity (Wildman–Crippen MR) is 96.3 cm³/mol. The second-order valence-corrected chi connectivity index (χ2v) is 8.67. The first-order valence-electron chi connectivity index (χ1n) is 8.66. The van der Waals surface area contributed by atoms with Crippen LogP contribution in [0.3, 0.4) is 0 Å². The predicted octanol–water partition coefficient (Wildman–Crippen LogP) is 4.03. The molecule has 0 aromatic heterocycles. The fraction of sp³-hybridized carbons (Fsp3) is 0.600. The number of benzene rings is 1. The van der Waals surface area contributed by atoms with E-state index in [1.54, 1.807) is 20.8 Å². The Morgan fingerprint density at radius 3 is 1.96 bits per heavy atom. The highest BCUT2D eigenvalue weighted by molar-refractivity contribution is 5.92. The van der Waals surface area contributed by atoms with Crippen LogP contribution in [-0.4, -0.2) is 28.8 Å². The average Bonchev–Trinajstić information content (AvgIpc) is 3.01. The fourth-order valence-corrected chi connectivity index (χ4v) is 3.16. The Morgan fingerprint density at radius 1 is 0.960 bits per heavy atom. The van der Waals surface area contributed by atoms with Crippen molar-refractivity contribution in [2.75, 3.05) is 0 Å². The maximum absolute atomic E-state index is 12.9. The van der Waals surface area contributed by atoms with Crippen LogP contribution in [0.5, 0.6) is 0 Å². The number of amides is 1. The Kier molecular flexibility index (Phi) is 4.90. The van der Waals surface area contributed by atoms with Crippen molar-refractivity contribution in [2.45, 2.75) is 71.1 Å². The molecule has 1 N–H and O–H groups in total. The van der Waals surface area contributed by atoms with Crippen LogP contribution >= 0.6 is 0 Å². The van der Waals surface area contributed by atoms with Crippen molar-refractivity contribution in [3.05, 3.63) is 35.9 Å². The SMILES string of the molecule is C[C@H]1C(c2ccccc2)[C@]1(NC(=O)OC(C)(C)C)C(=O)OC(C)(C)C. The summed E-state index contributed by atoms with van der Waals surface area (Å²) in [5.74, 6) is -0.652. The van der Waals surface area contributed by atoms with Gasteiger partial charge in [-0.3, -0.25) is 0 Å². The molecular formula is C20H29NO4. The normalized spacial score (nSPS) is 25.9. The fourth-order valence-electron chi connectivity index (χ4n) is 3.16. The van der Waals surface area contributed by atoms with E-state index in [1.165, 1.54) is 0 Å². The van der Waals surface area contributed by atoms with Gasteiger partial charge >= 0.3 is 12.1 Å². The first-order valence-corrected chi connectivity index (χ1v) is 8.66. The Morgan fingerprint density at radius 2 is 1.48 bits per heavy atom. The summed E-state index contributed by atoms with van der Waals surface area (Å²) in [4.78, 5) is 25.3. The molecule has 1 fully saturated rings. The van der Waals surface area contributed by atoms with Crippen LogP contribution in [0.1, 0.15) is 59.9 Å². The van der Waals surface area contributed by atoms with E-state index in [4.69, 9.17) is 9.47 Å². The van der Waals surface area contributed by atoms with Gasteiger partial charge in [-0.05, 0) is 47.1 Å². The molecule has 0 radical (unpaired) electrons. The van der Waals surface area contributed by atoms with Crippen LogP contribution in [0, 0.1) is 5.92 Å². The Bertz CT molecular complexity index is 642. The second-order valence-electron chi connectivity index (χ2n) is 8.67. The van der Waals surface area contributed by atoms with E-state index in [2.05, 4.69) is 5.32 Å². The monoisotopic (exact) mass is 347 g/mol. The zero-order chi connectivity index (χ0) is 19.0. The molecule has 0 heterocycles. The first-order chi connectivity index (χ1) is 11.4. The maximum atomic E-state index is 12.9. The van der Waals surface area contributed by atoms with Gasteiger partial charge in [0.25, 0.3) is 0 Å². The van der Waals surface area contributed by atoms with Gasteiger partial charge in [-0.2, -0.15) is 0 Å². The molecule has 25 heavy (non-hydrogen) atoms. The lowest BCUT2D eigenvalue weighted by Crippen LogP contribution is -2.50. The number of nitrogens with one attached hydrogen (secondary N) is 1. The van der Waals surface area contributed by atoms with Gasteiger partial charge in [0.15, 0.2) is 5.54 Å². The zero-order valence-electron chi connectivity index (χ0n) is 16.2. The first kappa shape index (κ1) is 19.3. The molecule has 5 nitrogen and oxygen atoms in total. The quantitative estimate of drug-likeness (QED) is 0.839. The van der Waals surface area contributed by atoms with E-state index in [9.17, 15) is 9.59 Å². The Hall–Kier alpha value is -2.04. The van der Waals surface area contributed by atoms with Crippen molar-refractivity contribution in [3.8, 4) is 0 Å². The number of carbonyl (C=O) groups is 2. The third kappa shape index (κ3) is 4.33. The van der Waals surface area contributed by atoms with Crippen molar-refractivity contribution in [3.63, 3.8) is 0 Å². The number of ether oxygens (including phenoxy) is 2. The molecule has 1 aromatic carbocycles. The largest absolute Gasteiger partial charge is 0.458 e. The van der Waals surface area contributed by atoms with E-state index in [0.717, 1.165) is 5.56 Å². The standard InChI is InChI=1S/C20H29NO4/c1-13-15(14-11-9-8-10-12-14)20(13,16(22)24-18(2,3)4)21-17(23)25-19(5,6)7/h8-13,15H,1-7H3,(H,21,23)/t13-,15?,20-/m0/s1. The van der Waals surface area contributed by atoms with Gasteiger partial charge in [0.1, 0.15) is 11.2 Å². The summed E-state index contributed by atoms with van der Waals surface area (Å²) < 4.78 is 11.0. The summed E-state index contributed by atoms with van der Waals surface area (Å²) in [7, 11) is 0. The minimum atomic E-state index is -1.10. The molecular weight excluding hydrogens is 318 g/mol. The number of hydrogen-bond acceptors (Lipinski definition) is 4. The third-order valence-corrected chi connectivity index (χ3v) is 4.20. The minimum Gasteiger partial charge on any atom is -0.458 e. The van der Waals surface area contributed by atoms with Crippen LogP contribution in [-0.2, 0) is 14.3 Å². The maximum Gasteiger partial charge on any atom is 0.408 e. The number of rotatable bonds is 3. The molecule has 3 atom stereocenters. The lowest BCUT2D eigenvalue weighted by Gasteiger charge is -2.27. The van der Waals surface area contributed by atoms with E-state index in [-0.39, 0.29) is 11.8 Å². The molecule has 1 amide bonds. The highest BCUT2D eigenvalue weighted by atomic mass is 16.6. The molecule has 1 saturated carbocycles. The van der Waals surface area contributed by atoms with Crippen molar-refractivity contribution >= 4 is 12.1 Å². The van der Waals surface area contributed by atoms with Gasteiger partial charge in [-0.25, -0.2) is 9.59 Å². The van der Waals surface area contributed by atoms with Crippen molar-refractivity contribution in [1.29, 1.82) is 0 Å². The van der Waals surface area contributed by atoms with Gasteiger partial charge in [-0.15, -0.1) is 0 Å². The van der Waals surface area contributed by atoms with Crippen molar-refractivity contribution < 1.29 is 19.1 Å². The van der Waals surface area contributed by atoms with E-state index in [0.29, 0.717) is 0 Å². The summed E-state index contributed by atoms with van der Waals surface area (Å²) in [5.41, 5.74) is -1.38. The Labute approximate surface area is 150 Å². The molecule has 0 aliphatic heterocycles. The molecule has 1 unspecified atom stereocenters. The third-order valence-electron chi connectivity index (χ3n) is 4.20. The van der Waals surface area contributed by atoms with Gasteiger partial charge in [0.05, 0.1) is 0 Å². The molecule has 5 heteroatoms. The molecule has 1 aliphatic rings.